The van der Waals surface area contributed by atoms with Gasteiger partial charge in [-0.3, -0.25) is 0 Å². The lowest BCUT2D eigenvalue weighted by atomic mass is 10.0. The Kier molecular flexibility index (Phi) is 13.5. The van der Waals surface area contributed by atoms with E-state index in [-0.39, 0.29) is 23.3 Å². The van der Waals surface area contributed by atoms with Crippen LogP contribution in [-0.2, 0) is 31.8 Å². The molecule has 59 heavy (non-hydrogen) atoms. The van der Waals surface area contributed by atoms with Crippen molar-refractivity contribution in [1.82, 2.24) is 0 Å². The van der Waals surface area contributed by atoms with Crippen molar-refractivity contribution in [2.45, 2.75) is 48.8 Å². The minimum atomic E-state index is -1.44. The molecule has 1 heterocycles. The number of carbonyl (C=O) groups is 4. The topological polar surface area (TPSA) is 114 Å². The third-order valence-electron chi connectivity index (χ3n) is 9.78. The molecule has 1 saturated heterocycles. The van der Waals surface area contributed by atoms with Gasteiger partial charge >= 0.3 is 23.9 Å². The second-order valence-corrected chi connectivity index (χ2v) is 15.1. The average Bonchev–Trinajstić information content (AvgIpc) is 3.29. The van der Waals surface area contributed by atoms with Crippen LogP contribution >= 0.6 is 11.8 Å². The molecule has 6 aromatic carbocycles. The van der Waals surface area contributed by atoms with E-state index in [0.29, 0.717) is 17.7 Å². The summed E-state index contributed by atoms with van der Waals surface area (Å²) in [6.07, 6.45) is -2.63. The first-order chi connectivity index (χ1) is 28.9. The highest BCUT2D eigenvalue weighted by molar-refractivity contribution is 8.00. The Morgan fingerprint density at radius 1 is 0.475 bits per heavy atom. The largest absolute Gasteiger partial charge is 0.475 e. The van der Waals surface area contributed by atoms with Gasteiger partial charge in [0, 0.05) is 6.42 Å². The van der Waals surface area contributed by atoms with E-state index in [4.69, 9.17) is 23.7 Å². The molecule has 0 unspecified atom stereocenters. The summed E-state index contributed by atoms with van der Waals surface area (Å²) < 4.78 is 31.5. The molecular formula is C49H42O9S. The Bertz CT molecular complexity index is 2320. The smallest absolute Gasteiger partial charge is 0.338 e. The Labute approximate surface area is 347 Å². The number of aryl methyl sites for hydroxylation is 1. The van der Waals surface area contributed by atoms with Crippen LogP contribution < -0.4 is 4.74 Å². The standard InChI is InChI=1S/C49H42O9S/c1-2-33-27-29-34(30-28-33)31-39-25-15-16-26-40(39)55-49-44(58-48(53)38-23-13-6-14-24-38)43(57-47(52)37-21-11-5-12-22-37)42(56-46(51)36-19-9-4-10-20-36)41(59-49)32-54-45(50)35-17-7-3-8-18-35/h3-30,41-44,49H,2,31-32H2,1H3/t41-,42-,43+,44-,49-/m1/s1. The molecule has 7 rings (SSSR count). The van der Waals surface area contributed by atoms with E-state index >= 15 is 0 Å². The lowest BCUT2D eigenvalue weighted by Gasteiger charge is -2.44. The van der Waals surface area contributed by atoms with Crippen molar-refractivity contribution >= 4 is 35.6 Å². The lowest BCUT2D eigenvalue weighted by Crippen LogP contribution is -2.60. The number of carbonyl (C=O) groups excluding carboxylic acids is 4. The van der Waals surface area contributed by atoms with Crippen molar-refractivity contribution in [2.24, 2.45) is 0 Å². The second kappa shape index (κ2) is 19.7. The fourth-order valence-electron chi connectivity index (χ4n) is 6.62. The summed E-state index contributed by atoms with van der Waals surface area (Å²) >= 11 is 1.16. The van der Waals surface area contributed by atoms with Crippen LogP contribution in [0.2, 0.25) is 0 Å². The number of esters is 4. The van der Waals surface area contributed by atoms with Crippen LogP contribution in [0.15, 0.2) is 170 Å². The number of hydrogen-bond acceptors (Lipinski definition) is 10. The summed E-state index contributed by atoms with van der Waals surface area (Å²) in [5, 5.41) is -0.880. The molecule has 1 aliphatic heterocycles. The maximum Gasteiger partial charge on any atom is 0.338 e. The van der Waals surface area contributed by atoms with Crippen molar-refractivity contribution in [3.63, 3.8) is 0 Å². The van der Waals surface area contributed by atoms with Gasteiger partial charge in [-0.1, -0.05) is 122 Å². The highest BCUT2D eigenvalue weighted by Crippen LogP contribution is 2.41. The van der Waals surface area contributed by atoms with E-state index in [0.717, 1.165) is 29.3 Å². The third kappa shape index (κ3) is 10.5. The van der Waals surface area contributed by atoms with Gasteiger partial charge in [0.2, 0.25) is 0 Å². The Morgan fingerprint density at radius 3 is 1.41 bits per heavy atom. The number of rotatable bonds is 14. The van der Waals surface area contributed by atoms with Gasteiger partial charge in [-0.15, -0.1) is 11.8 Å². The number of para-hydroxylation sites is 1. The van der Waals surface area contributed by atoms with E-state index in [1.807, 2.05) is 24.3 Å². The maximum atomic E-state index is 14.0. The zero-order chi connectivity index (χ0) is 41.0. The number of benzene rings is 6. The summed E-state index contributed by atoms with van der Waals surface area (Å²) in [5.41, 5.74) is 3.10. The summed E-state index contributed by atoms with van der Waals surface area (Å²) in [6.45, 7) is 1.82. The van der Waals surface area contributed by atoms with Crippen LogP contribution in [0.25, 0.3) is 0 Å². The molecule has 10 heteroatoms. The molecule has 1 aliphatic rings. The number of ether oxygens (including phenoxy) is 5. The van der Waals surface area contributed by atoms with Crippen molar-refractivity contribution in [1.29, 1.82) is 0 Å². The quantitative estimate of drug-likeness (QED) is 0.0780. The summed E-state index contributed by atoms with van der Waals surface area (Å²) in [6, 6.07) is 49.5. The summed E-state index contributed by atoms with van der Waals surface area (Å²) in [4.78, 5) is 55.2. The zero-order valence-corrected chi connectivity index (χ0v) is 33.1. The van der Waals surface area contributed by atoms with Gasteiger partial charge in [0.25, 0.3) is 0 Å². The van der Waals surface area contributed by atoms with Crippen LogP contribution in [0.5, 0.6) is 5.75 Å². The lowest BCUT2D eigenvalue weighted by molar-refractivity contribution is -0.111. The molecule has 0 aromatic heterocycles. The van der Waals surface area contributed by atoms with E-state index in [9.17, 15) is 19.2 Å². The molecule has 9 nitrogen and oxygen atoms in total. The van der Waals surface area contributed by atoms with Gasteiger partial charge < -0.3 is 23.7 Å². The SMILES string of the molecule is CCc1ccc(Cc2ccccc2O[C@@H]2S[C@H](COC(=O)c3ccccc3)[C@@H](OC(=O)c3ccccc3)[C@H](OC(=O)c3ccccc3)[C@H]2OC(=O)c2ccccc2)cc1. The first-order valence-electron chi connectivity index (χ1n) is 19.3. The van der Waals surface area contributed by atoms with Gasteiger partial charge in [0.15, 0.2) is 23.7 Å². The predicted molar refractivity (Wildman–Crippen MR) is 225 cm³/mol. The molecule has 298 valence electrons. The molecular weight excluding hydrogens is 765 g/mol. The highest BCUT2D eigenvalue weighted by atomic mass is 32.2. The molecule has 1 fully saturated rings. The fourth-order valence-corrected chi connectivity index (χ4v) is 8.01. The van der Waals surface area contributed by atoms with Crippen LogP contribution in [0, 0.1) is 0 Å². The Hall–Kier alpha value is -6.65. The third-order valence-corrected chi connectivity index (χ3v) is 11.2. The Morgan fingerprint density at radius 2 is 0.898 bits per heavy atom. The normalized spacial score (nSPS) is 18.5. The molecule has 0 saturated carbocycles. The molecule has 0 amide bonds. The molecule has 0 bridgehead atoms. The van der Waals surface area contributed by atoms with E-state index in [2.05, 4.69) is 31.2 Å². The van der Waals surface area contributed by atoms with Crippen LogP contribution in [0.4, 0.5) is 0 Å². The van der Waals surface area contributed by atoms with Crippen LogP contribution in [-0.4, -0.2) is 59.5 Å². The molecule has 0 aliphatic carbocycles. The van der Waals surface area contributed by atoms with Crippen molar-refractivity contribution < 1.29 is 42.9 Å². The molecule has 0 N–H and O–H groups in total. The van der Waals surface area contributed by atoms with Gasteiger partial charge in [0.1, 0.15) is 12.4 Å². The first-order valence-corrected chi connectivity index (χ1v) is 20.3. The van der Waals surface area contributed by atoms with Crippen molar-refractivity contribution in [3.05, 3.63) is 209 Å². The number of hydrogen-bond donors (Lipinski definition) is 0. The molecule has 0 spiro atoms. The minimum absolute atomic E-state index is 0.218. The van der Waals surface area contributed by atoms with Gasteiger partial charge in [0.05, 0.1) is 27.5 Å². The fraction of sp³-hybridized carbons (Fsp3) is 0.184. The molecule has 6 aromatic rings. The monoisotopic (exact) mass is 806 g/mol. The Balaban J connectivity index is 1.30. The number of thioether (sulfide) groups is 1. The van der Waals surface area contributed by atoms with Gasteiger partial charge in [-0.25, -0.2) is 19.2 Å². The zero-order valence-electron chi connectivity index (χ0n) is 32.3. The van der Waals surface area contributed by atoms with Gasteiger partial charge in [-0.05, 0) is 77.7 Å². The van der Waals surface area contributed by atoms with E-state index in [1.165, 1.54) is 5.56 Å². The highest BCUT2D eigenvalue weighted by Gasteiger charge is 2.54. The van der Waals surface area contributed by atoms with Crippen molar-refractivity contribution in [3.8, 4) is 5.75 Å². The van der Waals surface area contributed by atoms with Crippen LogP contribution in [0.3, 0.4) is 0 Å². The summed E-state index contributed by atoms with van der Waals surface area (Å²) in [5.74, 6) is -2.29. The van der Waals surface area contributed by atoms with Crippen molar-refractivity contribution in [2.75, 3.05) is 6.61 Å². The molecule has 0 radical (unpaired) electrons. The predicted octanol–water partition coefficient (Wildman–Crippen LogP) is 9.19. The minimum Gasteiger partial charge on any atom is -0.475 e. The maximum absolute atomic E-state index is 14.0. The second-order valence-electron chi connectivity index (χ2n) is 13.8. The van der Waals surface area contributed by atoms with E-state index < -0.39 is 52.9 Å². The van der Waals surface area contributed by atoms with Crippen LogP contribution in [0.1, 0.15) is 65.0 Å². The average molecular weight is 807 g/mol. The summed E-state index contributed by atoms with van der Waals surface area (Å²) in [7, 11) is 0. The molecule has 5 atom stereocenters. The first kappa shape index (κ1) is 40.5. The van der Waals surface area contributed by atoms with Gasteiger partial charge in [-0.2, -0.15) is 0 Å². The van der Waals surface area contributed by atoms with E-state index in [1.54, 1.807) is 121 Å².